The molecule has 0 unspecified atom stereocenters. The first-order valence-corrected chi connectivity index (χ1v) is 9.88. The second-order valence-corrected chi connectivity index (χ2v) is 7.74. The lowest BCUT2D eigenvalue weighted by atomic mass is 10.1. The third kappa shape index (κ3) is 3.29. The van der Waals surface area contributed by atoms with Crippen molar-refractivity contribution in [3.05, 3.63) is 40.9 Å². The summed E-state index contributed by atoms with van der Waals surface area (Å²) >= 11 is 0.846. The fourth-order valence-corrected chi connectivity index (χ4v) is 4.41. The summed E-state index contributed by atoms with van der Waals surface area (Å²) in [6.45, 7) is 1.35. The zero-order valence-electron chi connectivity index (χ0n) is 15.1. The standard InChI is InChI=1S/C20H18N4O3S/c21-7-10-23-12-14(15-5-1-2-6-16(15)23)11-17-19(26)24(20(27)28-17)13-18(25)22-8-3-4-9-22/h1-2,5-6,11-12H,3-4,8-10,13H2/b17-11+. The Morgan fingerprint density at radius 1 is 1.21 bits per heavy atom. The summed E-state index contributed by atoms with van der Waals surface area (Å²) in [7, 11) is 0. The second kappa shape index (κ2) is 7.52. The minimum absolute atomic E-state index is 0.188. The summed E-state index contributed by atoms with van der Waals surface area (Å²) < 4.78 is 1.81. The van der Waals surface area contributed by atoms with Gasteiger partial charge in [0.15, 0.2) is 0 Å². The SMILES string of the molecule is N#CCn1cc(/C=C2/SC(=O)N(CC(=O)N3CCCC3)C2=O)c2ccccc21. The van der Waals surface area contributed by atoms with Crippen LogP contribution >= 0.6 is 11.8 Å². The van der Waals surface area contributed by atoms with E-state index in [0.29, 0.717) is 18.0 Å². The number of nitriles is 1. The van der Waals surface area contributed by atoms with Gasteiger partial charge in [0.25, 0.3) is 11.1 Å². The molecule has 4 rings (SSSR count). The Balaban J connectivity index is 1.60. The number of amides is 3. The number of fused-ring (bicyclic) bond motifs is 1. The number of hydrogen-bond donors (Lipinski definition) is 0. The molecule has 0 aliphatic carbocycles. The molecule has 0 bridgehead atoms. The minimum Gasteiger partial charge on any atom is -0.341 e. The van der Waals surface area contributed by atoms with Crippen LogP contribution in [0.2, 0.25) is 0 Å². The molecule has 8 heteroatoms. The summed E-state index contributed by atoms with van der Waals surface area (Å²) in [6, 6.07) is 9.71. The van der Waals surface area contributed by atoms with Crippen molar-refractivity contribution < 1.29 is 14.4 Å². The van der Waals surface area contributed by atoms with Crippen molar-refractivity contribution in [2.24, 2.45) is 0 Å². The fraction of sp³-hybridized carbons (Fsp3) is 0.300. The molecule has 0 spiro atoms. The maximum Gasteiger partial charge on any atom is 0.294 e. The van der Waals surface area contributed by atoms with Crippen LogP contribution in [0.15, 0.2) is 35.4 Å². The van der Waals surface area contributed by atoms with E-state index in [1.165, 1.54) is 0 Å². The van der Waals surface area contributed by atoms with Crippen LogP contribution in [0, 0.1) is 11.3 Å². The van der Waals surface area contributed by atoms with Crippen LogP contribution in [0.3, 0.4) is 0 Å². The third-order valence-corrected chi connectivity index (χ3v) is 5.88. The van der Waals surface area contributed by atoms with Crippen molar-refractivity contribution in [3.8, 4) is 6.07 Å². The molecule has 0 radical (unpaired) electrons. The van der Waals surface area contributed by atoms with Crippen molar-refractivity contribution in [2.45, 2.75) is 19.4 Å². The molecule has 142 valence electrons. The average molecular weight is 394 g/mol. The van der Waals surface area contributed by atoms with Gasteiger partial charge in [0.05, 0.1) is 11.0 Å². The number of carbonyl (C=O) groups excluding carboxylic acids is 3. The number of hydrogen-bond acceptors (Lipinski definition) is 5. The van der Waals surface area contributed by atoms with Gasteiger partial charge in [-0.1, -0.05) is 18.2 Å². The number of imide groups is 1. The van der Waals surface area contributed by atoms with Gasteiger partial charge in [0.2, 0.25) is 5.91 Å². The first-order valence-electron chi connectivity index (χ1n) is 9.06. The van der Waals surface area contributed by atoms with E-state index in [-0.39, 0.29) is 19.0 Å². The van der Waals surface area contributed by atoms with Crippen LogP contribution in [0.25, 0.3) is 17.0 Å². The van der Waals surface area contributed by atoms with E-state index >= 15 is 0 Å². The maximum absolute atomic E-state index is 12.7. The summed E-state index contributed by atoms with van der Waals surface area (Å²) in [4.78, 5) is 40.4. The highest BCUT2D eigenvalue weighted by molar-refractivity contribution is 8.18. The van der Waals surface area contributed by atoms with Crippen LogP contribution in [0.1, 0.15) is 18.4 Å². The number of thioether (sulfide) groups is 1. The highest BCUT2D eigenvalue weighted by Gasteiger charge is 2.37. The molecule has 1 aromatic carbocycles. The Morgan fingerprint density at radius 2 is 1.96 bits per heavy atom. The second-order valence-electron chi connectivity index (χ2n) is 6.74. The van der Waals surface area contributed by atoms with Gasteiger partial charge in [-0.2, -0.15) is 5.26 Å². The number of rotatable bonds is 4. The first-order chi connectivity index (χ1) is 13.6. The average Bonchev–Trinajstić information content (AvgIpc) is 3.39. The lowest BCUT2D eigenvalue weighted by molar-refractivity contribution is -0.135. The van der Waals surface area contributed by atoms with Crippen LogP contribution in [0.4, 0.5) is 4.79 Å². The highest BCUT2D eigenvalue weighted by Crippen LogP contribution is 2.34. The normalized spacial score (nSPS) is 18.5. The largest absolute Gasteiger partial charge is 0.341 e. The summed E-state index contributed by atoms with van der Waals surface area (Å²) in [5.74, 6) is -0.633. The number of likely N-dealkylation sites (tertiary alicyclic amines) is 1. The van der Waals surface area contributed by atoms with E-state index in [1.807, 2.05) is 28.8 Å². The zero-order valence-corrected chi connectivity index (χ0v) is 15.9. The number of carbonyl (C=O) groups is 3. The molecule has 2 aromatic rings. The van der Waals surface area contributed by atoms with Crippen molar-refractivity contribution >= 4 is 45.8 Å². The van der Waals surface area contributed by atoms with E-state index in [2.05, 4.69) is 6.07 Å². The molecular formula is C20H18N4O3S. The molecule has 7 nitrogen and oxygen atoms in total. The predicted molar refractivity (Wildman–Crippen MR) is 106 cm³/mol. The Labute approximate surface area is 166 Å². The molecule has 0 N–H and O–H groups in total. The van der Waals surface area contributed by atoms with Crippen molar-refractivity contribution in [2.75, 3.05) is 19.6 Å². The summed E-state index contributed by atoms with van der Waals surface area (Å²) in [6.07, 6.45) is 5.39. The molecular weight excluding hydrogens is 376 g/mol. The topological polar surface area (TPSA) is 86.4 Å². The number of aromatic nitrogens is 1. The molecule has 2 aliphatic heterocycles. The van der Waals surface area contributed by atoms with Crippen LogP contribution in [-0.4, -0.2) is 51.1 Å². The molecule has 2 aliphatic rings. The molecule has 3 heterocycles. The number of benzene rings is 1. The van der Waals surface area contributed by atoms with E-state index in [0.717, 1.165) is 46.0 Å². The van der Waals surface area contributed by atoms with Crippen LogP contribution < -0.4 is 0 Å². The van der Waals surface area contributed by atoms with Gasteiger partial charge in [-0.3, -0.25) is 19.3 Å². The summed E-state index contributed by atoms with van der Waals surface area (Å²) in [5.41, 5.74) is 1.65. The quantitative estimate of drug-likeness (QED) is 0.745. The smallest absolute Gasteiger partial charge is 0.294 e. The van der Waals surface area contributed by atoms with Crippen molar-refractivity contribution in [3.63, 3.8) is 0 Å². The molecule has 3 amide bonds. The minimum atomic E-state index is -0.445. The van der Waals surface area contributed by atoms with E-state index in [9.17, 15) is 14.4 Å². The predicted octanol–water partition coefficient (Wildman–Crippen LogP) is 2.82. The maximum atomic E-state index is 12.7. The Kier molecular flexibility index (Phi) is 4.92. The zero-order chi connectivity index (χ0) is 19.7. The van der Waals surface area contributed by atoms with Crippen molar-refractivity contribution in [1.29, 1.82) is 5.26 Å². The molecule has 2 saturated heterocycles. The van der Waals surface area contributed by atoms with Crippen LogP contribution in [-0.2, 0) is 16.1 Å². The van der Waals surface area contributed by atoms with Crippen molar-refractivity contribution in [1.82, 2.24) is 14.4 Å². The molecule has 0 saturated carbocycles. The third-order valence-electron chi connectivity index (χ3n) is 4.97. The van der Waals surface area contributed by atoms with E-state index in [1.54, 1.807) is 17.2 Å². The van der Waals surface area contributed by atoms with Gasteiger partial charge in [-0.15, -0.1) is 0 Å². The lowest BCUT2D eigenvalue weighted by Gasteiger charge is -2.18. The first kappa shape index (κ1) is 18.3. The number of para-hydroxylation sites is 1. The highest BCUT2D eigenvalue weighted by atomic mass is 32.2. The molecule has 0 atom stereocenters. The van der Waals surface area contributed by atoms with Gasteiger partial charge in [0.1, 0.15) is 13.1 Å². The lowest BCUT2D eigenvalue weighted by Crippen LogP contribution is -2.40. The molecule has 2 fully saturated rings. The molecule has 1 aromatic heterocycles. The van der Waals surface area contributed by atoms with Crippen LogP contribution in [0.5, 0.6) is 0 Å². The molecule has 28 heavy (non-hydrogen) atoms. The van der Waals surface area contributed by atoms with E-state index < -0.39 is 11.1 Å². The fourth-order valence-electron chi connectivity index (χ4n) is 3.58. The Hall–Kier alpha value is -3.05. The van der Waals surface area contributed by atoms with Gasteiger partial charge < -0.3 is 9.47 Å². The number of nitrogens with zero attached hydrogens (tertiary/aromatic N) is 4. The van der Waals surface area contributed by atoms with Gasteiger partial charge >= 0.3 is 0 Å². The monoisotopic (exact) mass is 394 g/mol. The van der Waals surface area contributed by atoms with Gasteiger partial charge in [-0.25, -0.2) is 0 Å². The van der Waals surface area contributed by atoms with Gasteiger partial charge in [-0.05, 0) is 36.7 Å². The Morgan fingerprint density at radius 3 is 2.71 bits per heavy atom. The Bertz CT molecular complexity index is 1040. The van der Waals surface area contributed by atoms with E-state index in [4.69, 9.17) is 5.26 Å². The summed E-state index contributed by atoms with van der Waals surface area (Å²) in [5, 5.41) is 9.50. The van der Waals surface area contributed by atoms with Gasteiger partial charge in [0, 0.05) is 35.8 Å².